The Morgan fingerprint density at radius 1 is 1.35 bits per heavy atom. The van der Waals surface area contributed by atoms with Crippen LogP contribution in [0.1, 0.15) is 25.3 Å². The summed E-state index contributed by atoms with van der Waals surface area (Å²) in [6.07, 6.45) is 2.25. The Hall–Kier alpha value is -0.640. The highest BCUT2D eigenvalue weighted by Crippen LogP contribution is 2.15. The van der Waals surface area contributed by atoms with Gasteiger partial charge in [0.25, 0.3) is 0 Å². The van der Waals surface area contributed by atoms with Crippen LogP contribution < -0.4 is 5.32 Å². The minimum absolute atomic E-state index is 0.164. The molecule has 0 aromatic heterocycles. The quantitative estimate of drug-likeness (QED) is 0.723. The minimum Gasteiger partial charge on any atom is -0.380 e. The van der Waals surface area contributed by atoms with Gasteiger partial charge in [0.05, 0.1) is 11.6 Å². The SMILES string of the molecule is CCCCOCCNCc1ccc(Cl)c(F)c1. The highest BCUT2D eigenvalue weighted by molar-refractivity contribution is 6.30. The molecule has 1 aromatic carbocycles. The summed E-state index contributed by atoms with van der Waals surface area (Å²) >= 11 is 5.60. The van der Waals surface area contributed by atoms with E-state index < -0.39 is 0 Å². The summed E-state index contributed by atoms with van der Waals surface area (Å²) in [7, 11) is 0. The highest BCUT2D eigenvalue weighted by atomic mass is 35.5. The van der Waals surface area contributed by atoms with Crippen molar-refractivity contribution in [3.05, 3.63) is 34.6 Å². The smallest absolute Gasteiger partial charge is 0.142 e. The summed E-state index contributed by atoms with van der Waals surface area (Å²) in [4.78, 5) is 0. The van der Waals surface area contributed by atoms with Crippen LogP contribution in [0.2, 0.25) is 5.02 Å². The Kier molecular flexibility index (Phi) is 7.17. The number of rotatable bonds is 8. The van der Waals surface area contributed by atoms with E-state index in [4.69, 9.17) is 16.3 Å². The van der Waals surface area contributed by atoms with Gasteiger partial charge in [-0.3, -0.25) is 0 Å². The number of hydrogen-bond acceptors (Lipinski definition) is 2. The fourth-order valence-electron chi connectivity index (χ4n) is 1.38. The van der Waals surface area contributed by atoms with Crippen LogP contribution in [-0.2, 0) is 11.3 Å². The molecule has 0 aliphatic carbocycles. The Morgan fingerprint density at radius 3 is 2.88 bits per heavy atom. The van der Waals surface area contributed by atoms with Gasteiger partial charge in [-0.25, -0.2) is 4.39 Å². The summed E-state index contributed by atoms with van der Waals surface area (Å²) in [5.74, 6) is -0.370. The second-order valence-corrected chi connectivity index (χ2v) is 4.30. The summed E-state index contributed by atoms with van der Waals surface area (Å²) in [5.41, 5.74) is 0.889. The number of hydrogen-bond donors (Lipinski definition) is 1. The molecule has 1 aromatic rings. The number of nitrogens with one attached hydrogen (secondary N) is 1. The average molecular weight is 260 g/mol. The molecule has 0 unspecified atom stereocenters. The molecule has 0 saturated carbocycles. The van der Waals surface area contributed by atoms with E-state index in [9.17, 15) is 4.39 Å². The molecular weight excluding hydrogens is 241 g/mol. The van der Waals surface area contributed by atoms with Crippen molar-refractivity contribution >= 4 is 11.6 Å². The molecule has 0 aliphatic heterocycles. The monoisotopic (exact) mass is 259 g/mol. The lowest BCUT2D eigenvalue weighted by atomic mass is 10.2. The first kappa shape index (κ1) is 14.4. The van der Waals surface area contributed by atoms with Gasteiger partial charge >= 0.3 is 0 Å². The average Bonchev–Trinajstić information content (AvgIpc) is 2.32. The molecule has 4 heteroatoms. The molecule has 96 valence electrons. The number of ether oxygens (including phenoxy) is 1. The maximum absolute atomic E-state index is 13.1. The van der Waals surface area contributed by atoms with Crippen molar-refractivity contribution in [1.29, 1.82) is 0 Å². The van der Waals surface area contributed by atoms with Gasteiger partial charge in [0.1, 0.15) is 5.82 Å². The van der Waals surface area contributed by atoms with E-state index in [0.29, 0.717) is 13.2 Å². The van der Waals surface area contributed by atoms with Crippen LogP contribution in [0.15, 0.2) is 18.2 Å². The summed E-state index contributed by atoms with van der Waals surface area (Å²) in [6.45, 7) is 5.04. The molecule has 0 saturated heterocycles. The van der Waals surface area contributed by atoms with Crippen LogP contribution in [0, 0.1) is 5.82 Å². The Balaban J connectivity index is 2.11. The van der Waals surface area contributed by atoms with E-state index in [-0.39, 0.29) is 10.8 Å². The number of halogens is 2. The molecule has 0 heterocycles. The van der Waals surface area contributed by atoms with Crippen molar-refractivity contribution in [2.24, 2.45) is 0 Å². The van der Waals surface area contributed by atoms with Crippen molar-refractivity contribution in [3.8, 4) is 0 Å². The first-order chi connectivity index (χ1) is 8.24. The molecule has 1 rings (SSSR count). The topological polar surface area (TPSA) is 21.3 Å². The lowest BCUT2D eigenvalue weighted by Crippen LogP contribution is -2.19. The van der Waals surface area contributed by atoms with Crippen LogP contribution in [0.4, 0.5) is 4.39 Å². The zero-order valence-corrected chi connectivity index (χ0v) is 10.9. The number of benzene rings is 1. The van der Waals surface area contributed by atoms with E-state index >= 15 is 0 Å². The molecule has 0 aliphatic rings. The highest BCUT2D eigenvalue weighted by Gasteiger charge is 2.00. The van der Waals surface area contributed by atoms with Crippen LogP contribution in [-0.4, -0.2) is 19.8 Å². The van der Waals surface area contributed by atoms with Crippen molar-refractivity contribution < 1.29 is 9.13 Å². The lowest BCUT2D eigenvalue weighted by Gasteiger charge is -2.06. The standard InChI is InChI=1S/C13H19ClFNO/c1-2-3-7-17-8-6-16-10-11-4-5-12(14)13(15)9-11/h4-5,9,16H,2-3,6-8,10H2,1H3. The Bertz CT molecular complexity index is 333. The fraction of sp³-hybridized carbons (Fsp3) is 0.538. The zero-order valence-electron chi connectivity index (χ0n) is 10.1. The van der Waals surface area contributed by atoms with Crippen molar-refractivity contribution in [3.63, 3.8) is 0 Å². The summed E-state index contributed by atoms with van der Waals surface area (Å²) in [6, 6.07) is 4.84. The maximum Gasteiger partial charge on any atom is 0.142 e. The third-order valence-electron chi connectivity index (χ3n) is 2.38. The van der Waals surface area contributed by atoms with Crippen LogP contribution in [0.5, 0.6) is 0 Å². The van der Waals surface area contributed by atoms with E-state index in [2.05, 4.69) is 12.2 Å². The van der Waals surface area contributed by atoms with E-state index in [1.165, 1.54) is 6.07 Å². The van der Waals surface area contributed by atoms with E-state index in [1.807, 2.05) is 6.07 Å². The first-order valence-corrected chi connectivity index (χ1v) is 6.34. The zero-order chi connectivity index (χ0) is 12.5. The van der Waals surface area contributed by atoms with Crippen LogP contribution >= 0.6 is 11.6 Å². The lowest BCUT2D eigenvalue weighted by molar-refractivity contribution is 0.133. The summed E-state index contributed by atoms with van der Waals surface area (Å²) < 4.78 is 18.5. The van der Waals surface area contributed by atoms with Gasteiger partial charge in [-0.05, 0) is 24.1 Å². The van der Waals surface area contributed by atoms with Crippen LogP contribution in [0.25, 0.3) is 0 Å². The molecular formula is C13H19ClFNO. The largest absolute Gasteiger partial charge is 0.380 e. The van der Waals surface area contributed by atoms with Crippen LogP contribution in [0.3, 0.4) is 0 Å². The van der Waals surface area contributed by atoms with Gasteiger partial charge in [-0.1, -0.05) is 31.0 Å². The predicted molar refractivity (Wildman–Crippen MR) is 68.8 cm³/mol. The molecule has 0 amide bonds. The normalized spacial score (nSPS) is 10.8. The Labute approximate surface area is 107 Å². The van der Waals surface area contributed by atoms with Gasteiger partial charge in [-0.2, -0.15) is 0 Å². The molecule has 17 heavy (non-hydrogen) atoms. The molecule has 2 nitrogen and oxygen atoms in total. The van der Waals surface area contributed by atoms with Gasteiger partial charge in [0, 0.05) is 19.7 Å². The predicted octanol–water partition coefficient (Wildman–Crippen LogP) is 3.39. The number of unbranched alkanes of at least 4 members (excludes halogenated alkanes) is 1. The third-order valence-corrected chi connectivity index (χ3v) is 2.69. The summed E-state index contributed by atoms with van der Waals surface area (Å²) in [5, 5.41) is 3.35. The van der Waals surface area contributed by atoms with Gasteiger partial charge < -0.3 is 10.1 Å². The second kappa shape index (κ2) is 8.45. The second-order valence-electron chi connectivity index (χ2n) is 3.89. The maximum atomic E-state index is 13.1. The molecule has 0 bridgehead atoms. The van der Waals surface area contributed by atoms with E-state index in [1.54, 1.807) is 6.07 Å². The minimum atomic E-state index is -0.370. The van der Waals surface area contributed by atoms with Gasteiger partial charge in [0.15, 0.2) is 0 Å². The molecule has 0 spiro atoms. The van der Waals surface area contributed by atoms with Gasteiger partial charge in [-0.15, -0.1) is 0 Å². The molecule has 0 radical (unpaired) electrons. The van der Waals surface area contributed by atoms with E-state index in [0.717, 1.165) is 31.6 Å². The first-order valence-electron chi connectivity index (χ1n) is 5.96. The Morgan fingerprint density at radius 2 is 2.18 bits per heavy atom. The third kappa shape index (κ3) is 6.01. The fourth-order valence-corrected chi connectivity index (χ4v) is 1.49. The molecule has 1 N–H and O–H groups in total. The molecule has 0 atom stereocenters. The van der Waals surface area contributed by atoms with Gasteiger partial charge in [0.2, 0.25) is 0 Å². The van der Waals surface area contributed by atoms with Crippen molar-refractivity contribution in [1.82, 2.24) is 5.32 Å². The van der Waals surface area contributed by atoms with Crippen molar-refractivity contribution in [2.75, 3.05) is 19.8 Å². The van der Waals surface area contributed by atoms with Crippen molar-refractivity contribution in [2.45, 2.75) is 26.3 Å². The molecule has 0 fully saturated rings.